The predicted molar refractivity (Wildman–Crippen MR) is 84.0 cm³/mol. The van der Waals surface area contributed by atoms with Crippen LogP contribution in [0.3, 0.4) is 0 Å². The molecule has 3 rings (SSSR count). The van der Waals surface area contributed by atoms with E-state index >= 15 is 0 Å². The Kier molecular flexibility index (Phi) is 4.57. The lowest BCUT2D eigenvalue weighted by molar-refractivity contribution is 0.0184. The maximum absolute atomic E-state index is 14.1. The lowest BCUT2D eigenvalue weighted by Gasteiger charge is -2.50. The third kappa shape index (κ3) is 3.28. The van der Waals surface area contributed by atoms with Gasteiger partial charge in [0.15, 0.2) is 0 Å². The fourth-order valence-electron chi connectivity index (χ4n) is 3.78. The number of hydrogen-bond acceptors (Lipinski definition) is 3. The van der Waals surface area contributed by atoms with E-state index in [0.29, 0.717) is 0 Å². The molecule has 0 amide bonds. The number of nitrogens with zero attached hydrogens (tertiary/aromatic N) is 2. The molecule has 2 heterocycles. The molecular weight excluding hydrogens is 265 g/mol. The number of rotatable bonds is 3. The van der Waals surface area contributed by atoms with Crippen molar-refractivity contribution >= 4 is 0 Å². The second-order valence-electron chi connectivity index (χ2n) is 6.53. The first-order valence-corrected chi connectivity index (χ1v) is 8.07. The van der Waals surface area contributed by atoms with E-state index in [1.807, 2.05) is 12.1 Å². The van der Waals surface area contributed by atoms with Crippen LogP contribution < -0.4 is 5.32 Å². The van der Waals surface area contributed by atoms with E-state index in [9.17, 15) is 4.39 Å². The normalized spacial score (nSPS) is 24.1. The van der Waals surface area contributed by atoms with Gasteiger partial charge in [0, 0.05) is 31.7 Å². The van der Waals surface area contributed by atoms with Crippen molar-refractivity contribution in [2.75, 3.05) is 46.3 Å². The Morgan fingerprint density at radius 2 is 1.76 bits per heavy atom. The molecule has 0 unspecified atom stereocenters. The van der Waals surface area contributed by atoms with Gasteiger partial charge in [-0.05, 0) is 51.0 Å². The van der Waals surface area contributed by atoms with E-state index < -0.39 is 0 Å². The van der Waals surface area contributed by atoms with Crippen molar-refractivity contribution in [1.82, 2.24) is 15.1 Å². The summed E-state index contributed by atoms with van der Waals surface area (Å²) in [6.45, 7) is 6.48. The number of hydrogen-bond donors (Lipinski definition) is 1. The summed E-state index contributed by atoms with van der Waals surface area (Å²) in [6, 6.07) is 7.29. The van der Waals surface area contributed by atoms with E-state index in [1.165, 1.54) is 0 Å². The van der Waals surface area contributed by atoms with Gasteiger partial charge in [-0.2, -0.15) is 0 Å². The number of benzene rings is 1. The molecule has 2 saturated heterocycles. The van der Waals surface area contributed by atoms with Crippen LogP contribution in [0.25, 0.3) is 0 Å². The molecule has 0 bridgehead atoms. The van der Waals surface area contributed by atoms with E-state index in [0.717, 1.165) is 64.1 Å². The van der Waals surface area contributed by atoms with Gasteiger partial charge in [0.2, 0.25) is 0 Å². The van der Waals surface area contributed by atoms with Gasteiger partial charge in [-0.15, -0.1) is 0 Å². The molecule has 0 spiro atoms. The van der Waals surface area contributed by atoms with Gasteiger partial charge in [0.25, 0.3) is 0 Å². The zero-order valence-electron chi connectivity index (χ0n) is 12.9. The largest absolute Gasteiger partial charge is 0.314 e. The van der Waals surface area contributed by atoms with Crippen LogP contribution in [0.2, 0.25) is 0 Å². The lowest BCUT2D eigenvalue weighted by Crippen LogP contribution is -2.60. The minimum atomic E-state index is -0.0501. The van der Waals surface area contributed by atoms with Crippen LogP contribution in [0.4, 0.5) is 4.39 Å². The standard InChI is InChI=1S/C17H26FN3/c1-20-10-6-17(7-11-20,21-12-8-19-9-13-21)14-15-4-2-3-5-16(15)18/h2-5,19H,6-14H2,1H3. The minimum Gasteiger partial charge on any atom is -0.314 e. The molecule has 1 aromatic rings. The molecule has 1 N–H and O–H groups in total. The highest BCUT2D eigenvalue weighted by atomic mass is 19.1. The fourth-order valence-corrected chi connectivity index (χ4v) is 3.78. The van der Waals surface area contributed by atoms with Crippen LogP contribution >= 0.6 is 0 Å². The van der Waals surface area contributed by atoms with Gasteiger partial charge in [-0.1, -0.05) is 18.2 Å². The van der Waals surface area contributed by atoms with E-state index in [1.54, 1.807) is 12.1 Å². The smallest absolute Gasteiger partial charge is 0.126 e. The fraction of sp³-hybridized carbons (Fsp3) is 0.647. The SMILES string of the molecule is CN1CCC(Cc2ccccc2F)(N2CCNCC2)CC1. The zero-order valence-corrected chi connectivity index (χ0v) is 12.9. The first-order chi connectivity index (χ1) is 10.2. The van der Waals surface area contributed by atoms with Crippen LogP contribution in [-0.4, -0.2) is 61.7 Å². The summed E-state index contributed by atoms with van der Waals surface area (Å²) < 4.78 is 14.1. The monoisotopic (exact) mass is 291 g/mol. The summed E-state index contributed by atoms with van der Waals surface area (Å²) >= 11 is 0. The van der Waals surface area contributed by atoms with Crippen molar-refractivity contribution in [3.63, 3.8) is 0 Å². The van der Waals surface area contributed by atoms with Gasteiger partial charge in [-0.3, -0.25) is 4.90 Å². The van der Waals surface area contributed by atoms with Gasteiger partial charge < -0.3 is 10.2 Å². The summed E-state index contributed by atoms with van der Waals surface area (Å²) in [4.78, 5) is 5.00. The highest BCUT2D eigenvalue weighted by Gasteiger charge is 2.40. The van der Waals surface area contributed by atoms with Crippen molar-refractivity contribution in [2.45, 2.75) is 24.8 Å². The van der Waals surface area contributed by atoms with E-state index in [4.69, 9.17) is 0 Å². The Labute approximate surface area is 127 Å². The Morgan fingerprint density at radius 1 is 1.10 bits per heavy atom. The average Bonchev–Trinajstić information content (AvgIpc) is 2.53. The molecule has 3 nitrogen and oxygen atoms in total. The van der Waals surface area contributed by atoms with Crippen molar-refractivity contribution in [2.24, 2.45) is 0 Å². The lowest BCUT2D eigenvalue weighted by atomic mass is 9.79. The third-order valence-corrected chi connectivity index (χ3v) is 5.18. The average molecular weight is 291 g/mol. The van der Waals surface area contributed by atoms with Crippen molar-refractivity contribution < 1.29 is 4.39 Å². The van der Waals surface area contributed by atoms with Crippen molar-refractivity contribution in [3.8, 4) is 0 Å². The van der Waals surface area contributed by atoms with Gasteiger partial charge in [0.1, 0.15) is 5.82 Å². The molecule has 2 aliphatic rings. The summed E-state index contributed by atoms with van der Waals surface area (Å²) in [6.07, 6.45) is 3.11. The van der Waals surface area contributed by atoms with E-state index in [-0.39, 0.29) is 11.4 Å². The zero-order chi connectivity index (χ0) is 14.7. The summed E-state index contributed by atoms with van der Waals surface area (Å²) in [5, 5.41) is 3.43. The maximum Gasteiger partial charge on any atom is 0.126 e. The maximum atomic E-state index is 14.1. The number of likely N-dealkylation sites (tertiary alicyclic amines) is 1. The van der Waals surface area contributed by atoms with Crippen molar-refractivity contribution in [3.05, 3.63) is 35.6 Å². The molecule has 1 aromatic carbocycles. The number of nitrogens with one attached hydrogen (secondary N) is 1. The van der Waals surface area contributed by atoms with Crippen LogP contribution in [0.15, 0.2) is 24.3 Å². The Balaban J connectivity index is 1.83. The summed E-state index contributed by atoms with van der Waals surface area (Å²) in [7, 11) is 2.19. The predicted octanol–water partition coefficient (Wildman–Crippen LogP) is 1.74. The molecule has 0 saturated carbocycles. The van der Waals surface area contributed by atoms with Gasteiger partial charge >= 0.3 is 0 Å². The molecule has 0 radical (unpaired) electrons. The number of piperazine rings is 1. The summed E-state index contributed by atoms with van der Waals surface area (Å²) in [5.74, 6) is -0.0501. The minimum absolute atomic E-state index is 0.0501. The molecule has 0 aromatic heterocycles. The van der Waals surface area contributed by atoms with Gasteiger partial charge in [-0.25, -0.2) is 4.39 Å². The Morgan fingerprint density at radius 3 is 2.43 bits per heavy atom. The quantitative estimate of drug-likeness (QED) is 0.915. The first-order valence-electron chi connectivity index (χ1n) is 8.07. The highest BCUT2D eigenvalue weighted by molar-refractivity contribution is 5.21. The molecule has 21 heavy (non-hydrogen) atoms. The molecule has 2 fully saturated rings. The van der Waals surface area contributed by atoms with Crippen LogP contribution in [0.1, 0.15) is 18.4 Å². The first kappa shape index (κ1) is 14.9. The van der Waals surface area contributed by atoms with Crippen LogP contribution in [-0.2, 0) is 6.42 Å². The number of halogens is 1. The van der Waals surface area contributed by atoms with Crippen LogP contribution in [0.5, 0.6) is 0 Å². The molecule has 116 valence electrons. The molecule has 4 heteroatoms. The summed E-state index contributed by atoms with van der Waals surface area (Å²) in [5.41, 5.74) is 1.01. The third-order valence-electron chi connectivity index (χ3n) is 5.18. The molecule has 0 aliphatic carbocycles. The Bertz CT molecular complexity index is 463. The van der Waals surface area contributed by atoms with Crippen molar-refractivity contribution in [1.29, 1.82) is 0 Å². The molecule has 2 aliphatic heterocycles. The van der Waals surface area contributed by atoms with E-state index in [2.05, 4.69) is 22.2 Å². The number of piperidine rings is 1. The topological polar surface area (TPSA) is 18.5 Å². The molecule has 0 atom stereocenters. The second-order valence-corrected chi connectivity index (χ2v) is 6.53. The van der Waals surface area contributed by atoms with Gasteiger partial charge in [0.05, 0.1) is 0 Å². The Hall–Kier alpha value is -0.970. The second kappa shape index (κ2) is 6.42. The van der Waals surface area contributed by atoms with Crippen LogP contribution in [0, 0.1) is 5.82 Å². The molecular formula is C17H26FN3. The highest BCUT2D eigenvalue weighted by Crippen LogP contribution is 2.33.